The highest BCUT2D eigenvalue weighted by Gasteiger charge is 2.27. The van der Waals surface area contributed by atoms with Crippen molar-refractivity contribution in [3.8, 4) is 0 Å². The van der Waals surface area contributed by atoms with Gasteiger partial charge >= 0.3 is 0 Å². The van der Waals surface area contributed by atoms with Crippen molar-refractivity contribution in [2.75, 3.05) is 5.75 Å². The van der Waals surface area contributed by atoms with Gasteiger partial charge in [0, 0.05) is 0 Å². The van der Waals surface area contributed by atoms with Gasteiger partial charge in [-0.2, -0.15) is 8.42 Å². The standard InChI is InChI=1S/C49H93NO6S/c1-3-5-7-9-11-13-15-17-19-21-23-25-27-29-31-33-35-37-39-41-43-47(51)46(45-57(54,55)56)50-49(53)48(52)44-42-40-38-36-34-32-30-28-26-24-22-20-18-16-14-12-10-8-6-4-2/h26,28,33,35,41,43,46-48,51-52H,3-25,27,29-32,34,36-40,42,44-45H2,1-2H3,(H,50,53)(H,54,55,56)/b28-26-,35-33+,43-41+. The lowest BCUT2D eigenvalue weighted by molar-refractivity contribution is -0.130. The normalized spacial score (nSPS) is 14.0. The van der Waals surface area contributed by atoms with Gasteiger partial charge in [0.1, 0.15) is 6.10 Å². The maximum Gasteiger partial charge on any atom is 0.267 e. The molecule has 336 valence electrons. The molecule has 0 saturated heterocycles. The summed E-state index contributed by atoms with van der Waals surface area (Å²) < 4.78 is 32.7. The number of hydrogen-bond donors (Lipinski definition) is 4. The number of hydrogen-bond acceptors (Lipinski definition) is 5. The van der Waals surface area contributed by atoms with Crippen LogP contribution in [0.3, 0.4) is 0 Å². The zero-order valence-corrected chi connectivity index (χ0v) is 38.2. The molecule has 1 amide bonds. The molecule has 7 nitrogen and oxygen atoms in total. The van der Waals surface area contributed by atoms with E-state index in [1.165, 1.54) is 179 Å². The Balaban J connectivity index is 3.98. The Morgan fingerprint density at radius 1 is 0.474 bits per heavy atom. The van der Waals surface area contributed by atoms with Gasteiger partial charge in [-0.25, -0.2) is 0 Å². The van der Waals surface area contributed by atoms with E-state index in [4.69, 9.17) is 0 Å². The van der Waals surface area contributed by atoms with Crippen LogP contribution >= 0.6 is 0 Å². The fourth-order valence-electron chi connectivity index (χ4n) is 7.41. The summed E-state index contributed by atoms with van der Waals surface area (Å²) in [7, 11) is -4.46. The predicted molar refractivity (Wildman–Crippen MR) is 245 cm³/mol. The molecule has 0 aliphatic carbocycles. The summed E-state index contributed by atoms with van der Waals surface area (Å²) >= 11 is 0. The third kappa shape index (κ3) is 42.5. The molecular formula is C49H93NO6S. The van der Waals surface area contributed by atoms with E-state index in [1.807, 2.05) is 0 Å². The lowest BCUT2D eigenvalue weighted by Gasteiger charge is -2.22. The molecule has 0 rings (SSSR count). The van der Waals surface area contributed by atoms with Gasteiger partial charge in [-0.15, -0.1) is 0 Å². The molecule has 0 radical (unpaired) electrons. The quantitative estimate of drug-likeness (QED) is 0.0276. The van der Waals surface area contributed by atoms with E-state index in [-0.39, 0.29) is 6.42 Å². The first kappa shape index (κ1) is 55.5. The second kappa shape index (κ2) is 42.6. The molecule has 0 fully saturated rings. The van der Waals surface area contributed by atoms with E-state index in [2.05, 4.69) is 43.5 Å². The summed E-state index contributed by atoms with van der Waals surface area (Å²) in [4.78, 5) is 12.6. The van der Waals surface area contributed by atoms with Gasteiger partial charge in [-0.05, 0) is 57.8 Å². The van der Waals surface area contributed by atoms with Crippen LogP contribution in [0.5, 0.6) is 0 Å². The molecule has 3 unspecified atom stereocenters. The largest absolute Gasteiger partial charge is 0.387 e. The summed E-state index contributed by atoms with van der Waals surface area (Å²) in [6, 6.07) is -1.25. The molecule has 4 N–H and O–H groups in total. The average molecular weight is 824 g/mol. The SMILES string of the molecule is CCCCCCCCCCCC/C=C\CCCCCCCCC(O)C(=O)NC(CS(=O)(=O)O)C(O)/C=C/CC/C=C/CCCCCCCCCCCCCCCC. The topological polar surface area (TPSA) is 124 Å². The molecule has 0 aromatic carbocycles. The molecular weight excluding hydrogens is 731 g/mol. The lowest BCUT2D eigenvalue weighted by atomic mass is 10.0. The van der Waals surface area contributed by atoms with Gasteiger partial charge in [-0.1, -0.05) is 224 Å². The lowest BCUT2D eigenvalue weighted by Crippen LogP contribution is -2.50. The fourth-order valence-corrected chi connectivity index (χ4v) is 8.14. The zero-order chi connectivity index (χ0) is 41.9. The first-order chi connectivity index (χ1) is 27.7. The van der Waals surface area contributed by atoms with Crippen LogP contribution in [0.1, 0.15) is 245 Å². The summed E-state index contributed by atoms with van der Waals surface area (Å²) in [5.41, 5.74) is 0. The number of allylic oxidation sites excluding steroid dienone is 5. The van der Waals surface area contributed by atoms with Crippen molar-refractivity contribution in [1.29, 1.82) is 0 Å². The Morgan fingerprint density at radius 2 is 0.789 bits per heavy atom. The molecule has 8 heteroatoms. The number of carbonyl (C=O) groups excluding carboxylic acids is 1. The van der Waals surface area contributed by atoms with Gasteiger partial charge in [0.25, 0.3) is 10.1 Å². The van der Waals surface area contributed by atoms with Crippen molar-refractivity contribution < 1.29 is 28.0 Å². The molecule has 0 saturated carbocycles. The number of aliphatic hydroxyl groups excluding tert-OH is 2. The first-order valence-corrected chi connectivity index (χ1v) is 25.9. The van der Waals surface area contributed by atoms with E-state index in [1.54, 1.807) is 6.08 Å². The molecule has 0 aromatic heterocycles. The van der Waals surface area contributed by atoms with Crippen LogP contribution in [-0.4, -0.2) is 53.1 Å². The number of rotatable bonds is 44. The van der Waals surface area contributed by atoms with Crippen LogP contribution in [-0.2, 0) is 14.9 Å². The minimum atomic E-state index is -4.46. The van der Waals surface area contributed by atoms with Crippen LogP contribution in [0.15, 0.2) is 36.5 Å². The van der Waals surface area contributed by atoms with E-state index in [9.17, 15) is 28.0 Å². The predicted octanol–water partition coefficient (Wildman–Crippen LogP) is 13.8. The first-order valence-electron chi connectivity index (χ1n) is 24.3. The van der Waals surface area contributed by atoms with Crippen molar-refractivity contribution in [3.05, 3.63) is 36.5 Å². The Labute approximate surface area is 353 Å². The maximum absolute atomic E-state index is 12.6. The van der Waals surface area contributed by atoms with Crippen LogP contribution in [0, 0.1) is 0 Å². The maximum atomic E-state index is 12.6. The van der Waals surface area contributed by atoms with Crippen molar-refractivity contribution in [1.82, 2.24) is 5.32 Å². The molecule has 3 atom stereocenters. The second-order valence-electron chi connectivity index (χ2n) is 16.9. The minimum absolute atomic E-state index is 0.268. The number of amides is 1. The van der Waals surface area contributed by atoms with Crippen molar-refractivity contribution in [2.45, 2.75) is 263 Å². The Kier molecular flexibility index (Phi) is 41.5. The third-order valence-electron chi connectivity index (χ3n) is 11.1. The highest BCUT2D eigenvalue weighted by molar-refractivity contribution is 7.85. The minimum Gasteiger partial charge on any atom is -0.387 e. The van der Waals surface area contributed by atoms with Gasteiger partial charge in [0.05, 0.1) is 17.9 Å². The van der Waals surface area contributed by atoms with Crippen molar-refractivity contribution in [2.24, 2.45) is 0 Å². The second-order valence-corrected chi connectivity index (χ2v) is 18.4. The van der Waals surface area contributed by atoms with Crippen LogP contribution in [0.2, 0.25) is 0 Å². The molecule has 0 spiro atoms. The average Bonchev–Trinajstić information content (AvgIpc) is 3.18. The third-order valence-corrected chi connectivity index (χ3v) is 11.9. The van der Waals surface area contributed by atoms with E-state index < -0.39 is 40.0 Å². The Hall–Kier alpha value is -1.48. The Morgan fingerprint density at radius 3 is 1.16 bits per heavy atom. The summed E-state index contributed by atoms with van der Waals surface area (Å²) in [6.07, 6.45) is 53.5. The number of aliphatic hydroxyl groups is 2. The van der Waals surface area contributed by atoms with Crippen molar-refractivity contribution in [3.63, 3.8) is 0 Å². The van der Waals surface area contributed by atoms with Gasteiger partial charge < -0.3 is 15.5 Å². The van der Waals surface area contributed by atoms with Gasteiger partial charge in [-0.3, -0.25) is 9.35 Å². The highest BCUT2D eigenvalue weighted by atomic mass is 32.2. The summed E-state index contributed by atoms with van der Waals surface area (Å²) in [5.74, 6) is -1.56. The van der Waals surface area contributed by atoms with Gasteiger partial charge in [0.2, 0.25) is 5.91 Å². The Bertz CT molecular complexity index is 1060. The molecule has 0 heterocycles. The van der Waals surface area contributed by atoms with E-state index in [0.717, 1.165) is 38.5 Å². The zero-order valence-electron chi connectivity index (χ0n) is 37.3. The number of nitrogens with one attached hydrogen (secondary N) is 1. The molecule has 0 aliphatic rings. The van der Waals surface area contributed by atoms with Crippen LogP contribution in [0.25, 0.3) is 0 Å². The number of carbonyl (C=O) groups is 1. The fraction of sp³-hybridized carbons (Fsp3) is 0.857. The van der Waals surface area contributed by atoms with E-state index >= 15 is 0 Å². The smallest absolute Gasteiger partial charge is 0.267 e. The molecule has 57 heavy (non-hydrogen) atoms. The van der Waals surface area contributed by atoms with Crippen molar-refractivity contribution >= 4 is 16.0 Å². The number of unbranched alkanes of at least 4 members (excludes halogenated alkanes) is 31. The van der Waals surface area contributed by atoms with Gasteiger partial charge in [0.15, 0.2) is 0 Å². The van der Waals surface area contributed by atoms with Crippen LogP contribution < -0.4 is 5.32 Å². The highest BCUT2D eigenvalue weighted by Crippen LogP contribution is 2.15. The van der Waals surface area contributed by atoms with E-state index in [0.29, 0.717) is 12.8 Å². The monoisotopic (exact) mass is 824 g/mol. The summed E-state index contributed by atoms with van der Waals surface area (Å²) in [5, 5.41) is 23.5. The molecule has 0 aliphatic heterocycles. The summed E-state index contributed by atoms with van der Waals surface area (Å²) in [6.45, 7) is 4.54. The molecule has 0 bridgehead atoms. The molecule has 0 aromatic rings. The van der Waals surface area contributed by atoms with Crippen LogP contribution in [0.4, 0.5) is 0 Å².